The second-order valence-electron chi connectivity index (χ2n) is 3.43. The summed E-state index contributed by atoms with van der Waals surface area (Å²) < 4.78 is 0. The van der Waals surface area contributed by atoms with Crippen molar-refractivity contribution in [2.24, 2.45) is 0 Å². The molecule has 2 rings (SSSR count). The van der Waals surface area contributed by atoms with Gasteiger partial charge in [-0.15, -0.1) is 0 Å². The number of nitrogen functional groups attached to an aromatic ring is 2. The Hall–Kier alpha value is -2.03. The molecule has 0 amide bonds. The van der Waals surface area contributed by atoms with Crippen molar-refractivity contribution in [2.45, 2.75) is 0 Å². The number of aromatic nitrogens is 2. The van der Waals surface area contributed by atoms with E-state index in [0.717, 1.165) is 0 Å². The molecule has 0 aliphatic rings. The van der Waals surface area contributed by atoms with E-state index in [-0.39, 0.29) is 23.0 Å². The van der Waals surface area contributed by atoms with Crippen molar-refractivity contribution in [1.82, 2.24) is 9.97 Å². The van der Waals surface area contributed by atoms with Crippen LogP contribution >= 0.6 is 23.2 Å². The van der Waals surface area contributed by atoms with E-state index in [1.54, 1.807) is 18.2 Å². The summed E-state index contributed by atoms with van der Waals surface area (Å²) in [6.45, 7) is 0. The Morgan fingerprint density at radius 3 is 2.56 bits per heavy atom. The van der Waals surface area contributed by atoms with E-state index in [2.05, 4.69) is 9.97 Å². The summed E-state index contributed by atoms with van der Waals surface area (Å²) in [7, 11) is 0. The quantitative estimate of drug-likeness (QED) is 0.835. The van der Waals surface area contributed by atoms with Crippen LogP contribution in [0.4, 0.5) is 11.8 Å². The van der Waals surface area contributed by atoms with Crippen LogP contribution in [0.3, 0.4) is 0 Å². The van der Waals surface area contributed by atoms with Gasteiger partial charge >= 0.3 is 0 Å². The van der Waals surface area contributed by atoms with Gasteiger partial charge < -0.3 is 11.5 Å². The third kappa shape index (κ3) is 2.16. The van der Waals surface area contributed by atoms with E-state index in [1.165, 1.54) is 0 Å². The molecule has 0 radical (unpaired) electrons. The van der Waals surface area contributed by atoms with Gasteiger partial charge in [0.2, 0.25) is 5.95 Å². The SMILES string of the molecule is N#Cc1c(N)nc(N)nc1-c1cc(Cl)ccc1Cl. The number of hydrogen-bond acceptors (Lipinski definition) is 5. The summed E-state index contributed by atoms with van der Waals surface area (Å²) in [4.78, 5) is 7.73. The lowest BCUT2D eigenvalue weighted by atomic mass is 10.1. The van der Waals surface area contributed by atoms with Gasteiger partial charge in [-0.2, -0.15) is 10.2 Å². The summed E-state index contributed by atoms with van der Waals surface area (Å²) in [6.07, 6.45) is 0. The van der Waals surface area contributed by atoms with Crippen LogP contribution in [0.5, 0.6) is 0 Å². The molecule has 0 saturated heterocycles. The summed E-state index contributed by atoms with van der Waals surface area (Å²) >= 11 is 11.9. The van der Waals surface area contributed by atoms with Crippen molar-refractivity contribution in [2.75, 3.05) is 11.5 Å². The predicted octanol–water partition coefficient (Wildman–Crippen LogP) is 2.49. The van der Waals surface area contributed by atoms with Crippen LogP contribution < -0.4 is 11.5 Å². The first kappa shape index (κ1) is 12.4. The molecule has 7 heteroatoms. The highest BCUT2D eigenvalue weighted by Crippen LogP contribution is 2.33. The second kappa shape index (κ2) is 4.69. The van der Waals surface area contributed by atoms with E-state index in [4.69, 9.17) is 39.9 Å². The highest BCUT2D eigenvalue weighted by Gasteiger charge is 2.15. The Balaban J connectivity index is 2.78. The van der Waals surface area contributed by atoms with Crippen molar-refractivity contribution < 1.29 is 0 Å². The summed E-state index contributed by atoms with van der Waals surface area (Å²) in [5.41, 5.74) is 12.0. The molecule has 1 aromatic heterocycles. The summed E-state index contributed by atoms with van der Waals surface area (Å²) in [5.74, 6) is -0.0198. The molecular weight excluding hydrogens is 273 g/mol. The van der Waals surface area contributed by atoms with Gasteiger partial charge in [0.1, 0.15) is 17.5 Å². The normalized spacial score (nSPS) is 10.1. The molecule has 4 N–H and O–H groups in total. The molecule has 2 aromatic rings. The lowest BCUT2D eigenvalue weighted by Gasteiger charge is -2.08. The Morgan fingerprint density at radius 2 is 1.89 bits per heavy atom. The average molecular weight is 280 g/mol. The molecule has 0 bridgehead atoms. The van der Waals surface area contributed by atoms with Crippen molar-refractivity contribution in [3.05, 3.63) is 33.8 Å². The molecule has 1 heterocycles. The van der Waals surface area contributed by atoms with E-state index in [0.29, 0.717) is 15.6 Å². The molecule has 90 valence electrons. The number of benzene rings is 1. The van der Waals surface area contributed by atoms with Gasteiger partial charge in [0.05, 0.1) is 10.7 Å². The molecule has 18 heavy (non-hydrogen) atoms. The molecule has 0 fully saturated rings. The fourth-order valence-corrected chi connectivity index (χ4v) is 1.86. The maximum atomic E-state index is 9.08. The second-order valence-corrected chi connectivity index (χ2v) is 4.27. The third-order valence-electron chi connectivity index (χ3n) is 2.25. The minimum Gasteiger partial charge on any atom is -0.382 e. The zero-order valence-corrected chi connectivity index (χ0v) is 10.5. The first-order valence-corrected chi connectivity index (χ1v) is 5.57. The fourth-order valence-electron chi connectivity index (χ4n) is 1.48. The molecule has 0 spiro atoms. The Kier molecular flexibility index (Phi) is 3.24. The topological polar surface area (TPSA) is 102 Å². The monoisotopic (exact) mass is 279 g/mol. The van der Waals surface area contributed by atoms with E-state index < -0.39 is 0 Å². The number of halogens is 2. The smallest absolute Gasteiger partial charge is 0.222 e. The van der Waals surface area contributed by atoms with E-state index in [9.17, 15) is 0 Å². The third-order valence-corrected chi connectivity index (χ3v) is 2.81. The van der Waals surface area contributed by atoms with Gasteiger partial charge in [0.25, 0.3) is 0 Å². The van der Waals surface area contributed by atoms with Gasteiger partial charge in [-0.1, -0.05) is 23.2 Å². The molecular formula is C11H7Cl2N5. The molecule has 0 aliphatic heterocycles. The number of nitrogens with two attached hydrogens (primary N) is 2. The average Bonchev–Trinajstić information content (AvgIpc) is 2.31. The molecule has 0 saturated carbocycles. The lowest BCUT2D eigenvalue weighted by molar-refractivity contribution is 1.18. The number of nitrogens with zero attached hydrogens (tertiary/aromatic N) is 3. The van der Waals surface area contributed by atoms with Crippen molar-refractivity contribution in [1.29, 1.82) is 5.26 Å². The maximum Gasteiger partial charge on any atom is 0.222 e. The fraction of sp³-hybridized carbons (Fsp3) is 0. The van der Waals surface area contributed by atoms with Gasteiger partial charge in [0, 0.05) is 10.6 Å². The zero-order chi connectivity index (χ0) is 13.3. The standard InChI is InChI=1S/C11H7Cl2N5/c12-5-1-2-8(13)6(3-5)9-7(4-14)10(15)18-11(16)17-9/h1-3H,(H4,15,16,17,18). The highest BCUT2D eigenvalue weighted by molar-refractivity contribution is 6.35. The lowest BCUT2D eigenvalue weighted by Crippen LogP contribution is -2.05. The Bertz CT molecular complexity index is 663. The van der Waals surface area contributed by atoms with Crippen molar-refractivity contribution >= 4 is 35.0 Å². The van der Waals surface area contributed by atoms with Crippen LogP contribution in [-0.4, -0.2) is 9.97 Å². The first-order chi connectivity index (χ1) is 8.52. The molecule has 5 nitrogen and oxygen atoms in total. The highest BCUT2D eigenvalue weighted by atomic mass is 35.5. The zero-order valence-electron chi connectivity index (χ0n) is 8.98. The van der Waals surface area contributed by atoms with E-state index >= 15 is 0 Å². The number of anilines is 2. The van der Waals surface area contributed by atoms with Gasteiger partial charge in [-0.05, 0) is 18.2 Å². The van der Waals surface area contributed by atoms with Crippen LogP contribution in [0.1, 0.15) is 5.56 Å². The minimum absolute atomic E-state index is 0.0102. The first-order valence-electron chi connectivity index (χ1n) is 4.81. The van der Waals surface area contributed by atoms with Crippen molar-refractivity contribution in [3.8, 4) is 17.3 Å². The minimum atomic E-state index is -0.0301. The molecule has 0 atom stereocenters. The van der Waals surface area contributed by atoms with Crippen LogP contribution in [0.2, 0.25) is 10.0 Å². The number of nitriles is 1. The van der Waals surface area contributed by atoms with Crippen LogP contribution in [0, 0.1) is 11.3 Å². The Morgan fingerprint density at radius 1 is 1.17 bits per heavy atom. The van der Waals surface area contributed by atoms with Gasteiger partial charge in [-0.25, -0.2) is 4.98 Å². The van der Waals surface area contributed by atoms with E-state index in [1.807, 2.05) is 6.07 Å². The van der Waals surface area contributed by atoms with Gasteiger partial charge in [-0.3, -0.25) is 0 Å². The van der Waals surface area contributed by atoms with Crippen molar-refractivity contribution in [3.63, 3.8) is 0 Å². The molecule has 0 aliphatic carbocycles. The molecule has 0 unspecified atom stereocenters. The largest absolute Gasteiger partial charge is 0.382 e. The number of rotatable bonds is 1. The molecule has 1 aromatic carbocycles. The van der Waals surface area contributed by atoms with Crippen LogP contribution in [0.25, 0.3) is 11.3 Å². The van der Waals surface area contributed by atoms with Gasteiger partial charge in [0.15, 0.2) is 0 Å². The Labute approximate surface area is 113 Å². The predicted molar refractivity (Wildman–Crippen MR) is 71.0 cm³/mol. The maximum absolute atomic E-state index is 9.08. The number of hydrogen-bond donors (Lipinski definition) is 2. The summed E-state index contributed by atoms with van der Waals surface area (Å²) in [5, 5.41) is 9.95. The summed E-state index contributed by atoms with van der Waals surface area (Å²) in [6, 6.07) is 6.76. The van der Waals surface area contributed by atoms with Crippen LogP contribution in [-0.2, 0) is 0 Å². The van der Waals surface area contributed by atoms with Crippen LogP contribution in [0.15, 0.2) is 18.2 Å².